The fraction of sp³-hybridized carbons (Fsp3) is 0.286. The minimum absolute atomic E-state index is 0.0507. The molecule has 0 saturated heterocycles. The first-order chi connectivity index (χ1) is 10.3. The van der Waals surface area contributed by atoms with Crippen LogP contribution >= 0.6 is 0 Å². The van der Waals surface area contributed by atoms with Gasteiger partial charge in [-0.25, -0.2) is 4.79 Å². The number of hydrogen-bond acceptors (Lipinski definition) is 4. The van der Waals surface area contributed by atoms with E-state index < -0.39 is 17.0 Å². The molecule has 1 aromatic carbocycles. The van der Waals surface area contributed by atoms with Crippen LogP contribution in [0.2, 0.25) is 0 Å². The number of rotatable bonds is 3. The predicted octanol–water partition coefficient (Wildman–Crippen LogP) is 1.31. The first-order valence-electron chi connectivity index (χ1n) is 6.55. The van der Waals surface area contributed by atoms with Gasteiger partial charge in [0.2, 0.25) is 0 Å². The second kappa shape index (κ2) is 5.84. The number of carbonyl (C=O) groups excluding carboxylic acids is 2. The van der Waals surface area contributed by atoms with E-state index in [-0.39, 0.29) is 11.6 Å². The Morgan fingerprint density at radius 1 is 1.27 bits per heavy atom. The highest BCUT2D eigenvalue weighted by Gasteiger charge is 2.32. The van der Waals surface area contributed by atoms with Gasteiger partial charge in [-0.15, -0.1) is 0 Å². The Morgan fingerprint density at radius 2 is 1.86 bits per heavy atom. The molecule has 2 N–H and O–H groups in total. The molecule has 1 aliphatic rings. The number of nitrogens with one attached hydrogen (secondary N) is 2. The molecule has 1 atom stereocenters. The summed E-state index contributed by atoms with van der Waals surface area (Å²) in [6.07, 6.45) is 0. The van der Waals surface area contributed by atoms with Crippen LogP contribution in [0, 0.1) is 10.1 Å². The molecule has 0 radical (unpaired) electrons. The summed E-state index contributed by atoms with van der Waals surface area (Å²) in [5.74, 6) is -0.242. The van der Waals surface area contributed by atoms with Crippen LogP contribution in [0.25, 0.3) is 0 Å². The van der Waals surface area contributed by atoms with Gasteiger partial charge in [-0.1, -0.05) is 0 Å². The van der Waals surface area contributed by atoms with Crippen molar-refractivity contribution in [2.24, 2.45) is 0 Å². The molecule has 2 rings (SSSR count). The zero-order chi connectivity index (χ0) is 16.4. The van der Waals surface area contributed by atoms with E-state index in [0.717, 1.165) is 0 Å². The number of nitrogens with zero attached hydrogens (tertiary/aromatic N) is 2. The molecule has 8 nitrogen and oxygen atoms in total. The number of nitro groups is 1. The maximum Gasteiger partial charge on any atom is 0.319 e. The first kappa shape index (κ1) is 15.5. The van der Waals surface area contributed by atoms with Crippen molar-refractivity contribution in [2.75, 3.05) is 14.1 Å². The highest BCUT2D eigenvalue weighted by Crippen LogP contribution is 2.28. The Bertz CT molecular complexity index is 664. The molecule has 0 saturated carbocycles. The summed E-state index contributed by atoms with van der Waals surface area (Å²) in [5.41, 5.74) is 1.42. The average Bonchev–Trinajstić information content (AvgIpc) is 2.45. The summed E-state index contributed by atoms with van der Waals surface area (Å²) in [6.45, 7) is 1.65. The Balaban J connectivity index is 2.45. The molecule has 0 bridgehead atoms. The molecule has 3 amide bonds. The summed E-state index contributed by atoms with van der Waals surface area (Å²) in [4.78, 5) is 35.6. The van der Waals surface area contributed by atoms with Crippen LogP contribution in [0.5, 0.6) is 0 Å². The van der Waals surface area contributed by atoms with E-state index in [4.69, 9.17) is 0 Å². The van der Waals surface area contributed by atoms with Crippen molar-refractivity contribution in [2.45, 2.75) is 13.0 Å². The summed E-state index contributed by atoms with van der Waals surface area (Å²) in [7, 11) is 3.23. The summed E-state index contributed by atoms with van der Waals surface area (Å²) >= 11 is 0. The van der Waals surface area contributed by atoms with Crippen LogP contribution in [-0.4, -0.2) is 35.9 Å². The third-order valence-corrected chi connectivity index (χ3v) is 3.34. The highest BCUT2D eigenvalue weighted by molar-refractivity contribution is 5.98. The lowest BCUT2D eigenvalue weighted by molar-refractivity contribution is -0.384. The lowest BCUT2D eigenvalue weighted by Crippen LogP contribution is -2.46. The first-order valence-corrected chi connectivity index (χ1v) is 6.55. The number of carbonyl (C=O) groups is 2. The molecule has 22 heavy (non-hydrogen) atoms. The minimum atomic E-state index is -0.649. The van der Waals surface area contributed by atoms with Gasteiger partial charge in [0.25, 0.3) is 11.6 Å². The molecule has 0 fully saturated rings. The number of amides is 3. The SMILES string of the molecule is CC1=C(C(=O)N(C)C)[C@H](c2ccc([N+](=O)[O-])cc2)NC(=O)N1. The van der Waals surface area contributed by atoms with Crippen LogP contribution in [0.1, 0.15) is 18.5 Å². The van der Waals surface area contributed by atoms with E-state index in [1.807, 2.05) is 0 Å². The zero-order valence-corrected chi connectivity index (χ0v) is 12.4. The second-order valence-electron chi connectivity index (χ2n) is 5.12. The number of non-ortho nitro benzene ring substituents is 1. The maximum atomic E-state index is 12.3. The van der Waals surface area contributed by atoms with Crippen molar-refractivity contribution in [3.05, 3.63) is 51.2 Å². The van der Waals surface area contributed by atoms with E-state index in [9.17, 15) is 19.7 Å². The van der Waals surface area contributed by atoms with Crippen molar-refractivity contribution in [1.82, 2.24) is 15.5 Å². The van der Waals surface area contributed by atoms with Gasteiger partial charge < -0.3 is 15.5 Å². The second-order valence-corrected chi connectivity index (χ2v) is 5.12. The van der Waals surface area contributed by atoms with Crippen molar-refractivity contribution in [1.29, 1.82) is 0 Å². The van der Waals surface area contributed by atoms with Crippen molar-refractivity contribution < 1.29 is 14.5 Å². The van der Waals surface area contributed by atoms with E-state index in [1.54, 1.807) is 21.0 Å². The van der Waals surface area contributed by atoms with E-state index >= 15 is 0 Å². The third kappa shape index (κ3) is 2.90. The van der Waals surface area contributed by atoms with Gasteiger partial charge in [-0.05, 0) is 24.6 Å². The monoisotopic (exact) mass is 304 g/mol. The Kier molecular flexibility index (Phi) is 4.11. The highest BCUT2D eigenvalue weighted by atomic mass is 16.6. The van der Waals surface area contributed by atoms with Crippen molar-refractivity contribution in [3.63, 3.8) is 0 Å². The van der Waals surface area contributed by atoms with Gasteiger partial charge >= 0.3 is 6.03 Å². The number of urea groups is 1. The van der Waals surface area contributed by atoms with E-state index in [2.05, 4.69) is 10.6 Å². The van der Waals surface area contributed by atoms with E-state index in [1.165, 1.54) is 29.2 Å². The van der Waals surface area contributed by atoms with E-state index in [0.29, 0.717) is 16.8 Å². The Morgan fingerprint density at radius 3 is 2.36 bits per heavy atom. The van der Waals surface area contributed by atoms with Gasteiger partial charge in [-0.2, -0.15) is 0 Å². The number of likely N-dealkylation sites (N-methyl/N-ethyl adjacent to an activating group) is 1. The normalized spacial score (nSPS) is 17.6. The topological polar surface area (TPSA) is 105 Å². The van der Waals surface area contributed by atoms with Crippen LogP contribution in [0.4, 0.5) is 10.5 Å². The van der Waals surface area contributed by atoms with Gasteiger partial charge in [-0.3, -0.25) is 14.9 Å². The largest absolute Gasteiger partial charge is 0.345 e. The third-order valence-electron chi connectivity index (χ3n) is 3.34. The van der Waals surface area contributed by atoms with Crippen molar-refractivity contribution in [3.8, 4) is 0 Å². The quantitative estimate of drug-likeness (QED) is 0.649. The fourth-order valence-corrected chi connectivity index (χ4v) is 2.26. The van der Waals surface area contributed by atoms with Gasteiger partial charge in [0.05, 0.1) is 16.5 Å². The van der Waals surface area contributed by atoms with Crippen molar-refractivity contribution >= 4 is 17.6 Å². The summed E-state index contributed by atoms with van der Waals surface area (Å²) in [5, 5.41) is 16.0. The van der Waals surface area contributed by atoms with Crippen LogP contribution in [0.3, 0.4) is 0 Å². The molecule has 0 aliphatic carbocycles. The van der Waals surface area contributed by atoms with Gasteiger partial charge in [0, 0.05) is 31.9 Å². The van der Waals surface area contributed by atoms with Crippen LogP contribution < -0.4 is 10.6 Å². The number of benzene rings is 1. The van der Waals surface area contributed by atoms with Crippen LogP contribution in [-0.2, 0) is 4.79 Å². The van der Waals surface area contributed by atoms with Gasteiger partial charge in [0.1, 0.15) is 0 Å². The molecule has 1 heterocycles. The molecule has 0 unspecified atom stereocenters. The van der Waals surface area contributed by atoms with Gasteiger partial charge in [0.15, 0.2) is 0 Å². The summed E-state index contributed by atoms with van der Waals surface area (Å²) < 4.78 is 0. The standard InChI is InChI=1S/C14H16N4O4/c1-8-11(13(19)17(2)3)12(16-14(20)15-8)9-4-6-10(7-5-9)18(21)22/h4-7,12H,1-3H3,(H2,15,16,20)/t12-/m0/s1. The lowest BCUT2D eigenvalue weighted by Gasteiger charge is -2.30. The Hall–Kier alpha value is -2.90. The number of nitro benzene ring substituents is 1. The predicted molar refractivity (Wildman–Crippen MR) is 78.9 cm³/mol. The summed E-state index contributed by atoms with van der Waals surface area (Å²) in [6, 6.07) is 4.68. The lowest BCUT2D eigenvalue weighted by atomic mass is 9.94. The Labute approximate surface area is 126 Å². The fourth-order valence-electron chi connectivity index (χ4n) is 2.26. The van der Waals surface area contributed by atoms with Crippen LogP contribution in [0.15, 0.2) is 35.5 Å². The molecule has 0 aromatic heterocycles. The molecule has 116 valence electrons. The zero-order valence-electron chi connectivity index (χ0n) is 12.4. The number of allylic oxidation sites excluding steroid dienone is 1. The molecule has 8 heteroatoms. The molecular formula is C14H16N4O4. The number of hydrogen-bond donors (Lipinski definition) is 2. The minimum Gasteiger partial charge on any atom is -0.345 e. The molecule has 1 aromatic rings. The smallest absolute Gasteiger partial charge is 0.319 e. The molecular weight excluding hydrogens is 288 g/mol. The maximum absolute atomic E-state index is 12.3. The molecule has 0 spiro atoms. The average molecular weight is 304 g/mol. The molecule has 1 aliphatic heterocycles.